The molecule has 2 heteroatoms. The van der Waals surface area contributed by atoms with Crippen molar-refractivity contribution in [1.29, 1.82) is 0 Å². The Bertz CT molecular complexity index is 81.3. The Balaban J connectivity index is 3.84. The predicted molar refractivity (Wildman–Crippen MR) is 48.1 cm³/mol. The summed E-state index contributed by atoms with van der Waals surface area (Å²) in [7, 11) is 1.81. The molecule has 0 fully saturated rings. The van der Waals surface area contributed by atoms with E-state index in [1.165, 1.54) is 12.8 Å². The van der Waals surface area contributed by atoms with E-state index in [1.807, 2.05) is 7.11 Å². The van der Waals surface area contributed by atoms with Crippen molar-refractivity contribution >= 4 is 0 Å². The SMILES string of the molecule is CCCC[N+](CC)(CC)OC. The Morgan fingerprint density at radius 2 is 1.64 bits per heavy atom. The molecule has 0 bridgehead atoms. The Morgan fingerprint density at radius 1 is 1.09 bits per heavy atom. The molecule has 0 rings (SSSR count). The molecule has 11 heavy (non-hydrogen) atoms. The number of unbranched alkanes of at least 4 members (excludes halogenated alkanes) is 1. The topological polar surface area (TPSA) is 9.23 Å². The van der Waals surface area contributed by atoms with Crippen LogP contribution >= 0.6 is 0 Å². The molecule has 68 valence electrons. The smallest absolute Gasteiger partial charge is 0.109 e. The fourth-order valence-electron chi connectivity index (χ4n) is 1.34. The minimum absolute atomic E-state index is 0.813. The summed E-state index contributed by atoms with van der Waals surface area (Å²) in [6, 6.07) is 0. The van der Waals surface area contributed by atoms with Gasteiger partial charge in [-0.1, -0.05) is 13.3 Å². The number of rotatable bonds is 6. The normalized spacial score (nSPS) is 12.0. The van der Waals surface area contributed by atoms with Crippen molar-refractivity contribution < 1.29 is 9.48 Å². The van der Waals surface area contributed by atoms with Crippen molar-refractivity contribution in [3.63, 3.8) is 0 Å². The summed E-state index contributed by atoms with van der Waals surface area (Å²) in [5.41, 5.74) is 0. The lowest BCUT2D eigenvalue weighted by molar-refractivity contribution is -1.10. The molecule has 0 amide bonds. The third kappa shape index (κ3) is 3.21. The molecule has 0 unspecified atom stereocenters. The summed E-state index contributed by atoms with van der Waals surface area (Å²) in [5, 5.41) is 0. The molecule has 0 saturated carbocycles. The lowest BCUT2D eigenvalue weighted by atomic mass is 10.3. The summed E-state index contributed by atoms with van der Waals surface area (Å²) in [6.45, 7) is 9.89. The number of hydrogen-bond acceptors (Lipinski definition) is 1. The third-order valence-electron chi connectivity index (χ3n) is 2.46. The molecule has 0 radical (unpaired) electrons. The molecule has 0 aliphatic carbocycles. The van der Waals surface area contributed by atoms with Crippen LogP contribution in [-0.2, 0) is 4.84 Å². The van der Waals surface area contributed by atoms with E-state index in [0.29, 0.717) is 0 Å². The predicted octanol–water partition coefficient (Wildman–Crippen LogP) is 2.20. The van der Waals surface area contributed by atoms with Crippen LogP contribution in [0.3, 0.4) is 0 Å². The van der Waals surface area contributed by atoms with Crippen LogP contribution in [0.1, 0.15) is 33.6 Å². The highest BCUT2D eigenvalue weighted by molar-refractivity contribution is 4.32. The standard InChI is InChI=1S/C9H22NO/c1-5-8-9-10(6-2,7-3)11-4/h5-9H2,1-4H3/q+1. The quantitative estimate of drug-likeness (QED) is 0.427. The zero-order valence-corrected chi connectivity index (χ0v) is 8.39. The van der Waals surface area contributed by atoms with Crippen LogP contribution in [0.25, 0.3) is 0 Å². The van der Waals surface area contributed by atoms with Crippen molar-refractivity contribution in [2.75, 3.05) is 26.7 Å². The van der Waals surface area contributed by atoms with Gasteiger partial charge in [0.1, 0.15) is 19.6 Å². The van der Waals surface area contributed by atoms with Crippen LogP contribution in [0, 0.1) is 0 Å². The average Bonchev–Trinajstić information content (AvgIpc) is 2.08. The van der Waals surface area contributed by atoms with Crippen molar-refractivity contribution in [2.45, 2.75) is 33.6 Å². The molecular weight excluding hydrogens is 138 g/mol. The Kier molecular flexibility index (Phi) is 5.51. The highest BCUT2D eigenvalue weighted by atomic mass is 16.7. The van der Waals surface area contributed by atoms with Gasteiger partial charge < -0.3 is 0 Å². The van der Waals surface area contributed by atoms with E-state index in [9.17, 15) is 0 Å². The summed E-state index contributed by atoms with van der Waals surface area (Å²) in [5.74, 6) is 0. The van der Waals surface area contributed by atoms with Gasteiger partial charge in [-0.3, -0.25) is 0 Å². The van der Waals surface area contributed by atoms with Gasteiger partial charge in [-0.2, -0.15) is 4.65 Å². The molecule has 2 nitrogen and oxygen atoms in total. The Hall–Kier alpha value is -0.0800. The molecule has 0 aromatic carbocycles. The second-order valence-electron chi connectivity index (χ2n) is 2.95. The number of hydrogen-bond donors (Lipinski definition) is 0. The van der Waals surface area contributed by atoms with Gasteiger partial charge in [0.25, 0.3) is 0 Å². The van der Waals surface area contributed by atoms with Gasteiger partial charge in [0, 0.05) is 0 Å². The van der Waals surface area contributed by atoms with E-state index in [0.717, 1.165) is 24.3 Å². The third-order valence-corrected chi connectivity index (χ3v) is 2.46. The second-order valence-corrected chi connectivity index (χ2v) is 2.95. The zero-order chi connectivity index (χ0) is 8.74. The van der Waals surface area contributed by atoms with E-state index in [-0.39, 0.29) is 0 Å². The molecule has 0 atom stereocenters. The molecule has 0 aromatic heterocycles. The van der Waals surface area contributed by atoms with Gasteiger partial charge in [-0.15, -0.1) is 0 Å². The van der Waals surface area contributed by atoms with Gasteiger partial charge in [-0.05, 0) is 20.3 Å². The van der Waals surface area contributed by atoms with Crippen LogP contribution < -0.4 is 0 Å². The fraction of sp³-hybridized carbons (Fsp3) is 1.00. The maximum atomic E-state index is 5.48. The highest BCUT2D eigenvalue weighted by Crippen LogP contribution is 2.08. The van der Waals surface area contributed by atoms with Crippen LogP contribution in [0.5, 0.6) is 0 Å². The number of quaternary nitrogens is 1. The van der Waals surface area contributed by atoms with Gasteiger partial charge in [-0.25, -0.2) is 4.84 Å². The van der Waals surface area contributed by atoms with Gasteiger partial charge in [0.15, 0.2) is 0 Å². The lowest BCUT2D eigenvalue weighted by Gasteiger charge is -2.31. The van der Waals surface area contributed by atoms with Crippen LogP contribution in [-0.4, -0.2) is 31.4 Å². The highest BCUT2D eigenvalue weighted by Gasteiger charge is 2.22. The summed E-state index contributed by atoms with van der Waals surface area (Å²) >= 11 is 0. The minimum Gasteiger partial charge on any atom is -0.206 e. The zero-order valence-electron chi connectivity index (χ0n) is 8.39. The van der Waals surface area contributed by atoms with E-state index in [4.69, 9.17) is 4.84 Å². The largest absolute Gasteiger partial charge is 0.206 e. The maximum Gasteiger partial charge on any atom is 0.109 e. The van der Waals surface area contributed by atoms with E-state index < -0.39 is 0 Å². The Labute approximate surface area is 70.7 Å². The molecular formula is C9H22NO+. The van der Waals surface area contributed by atoms with Crippen LogP contribution in [0.2, 0.25) is 0 Å². The molecule has 0 heterocycles. The van der Waals surface area contributed by atoms with Gasteiger partial charge in [0.05, 0.1) is 7.11 Å². The van der Waals surface area contributed by atoms with E-state index >= 15 is 0 Å². The molecule has 0 aliphatic rings. The van der Waals surface area contributed by atoms with Crippen molar-refractivity contribution in [2.24, 2.45) is 0 Å². The molecule has 0 N–H and O–H groups in total. The molecule has 0 aliphatic heterocycles. The fourth-order valence-corrected chi connectivity index (χ4v) is 1.34. The first kappa shape index (κ1) is 10.9. The second kappa shape index (κ2) is 5.56. The van der Waals surface area contributed by atoms with Crippen LogP contribution in [0.4, 0.5) is 0 Å². The summed E-state index contributed by atoms with van der Waals surface area (Å²) < 4.78 is 0.813. The molecule has 0 aromatic rings. The van der Waals surface area contributed by atoms with Gasteiger partial charge >= 0.3 is 0 Å². The summed E-state index contributed by atoms with van der Waals surface area (Å²) in [4.78, 5) is 5.48. The van der Waals surface area contributed by atoms with Crippen molar-refractivity contribution in [3.8, 4) is 0 Å². The summed E-state index contributed by atoms with van der Waals surface area (Å²) in [6.07, 6.45) is 2.51. The number of hydroxylamine groups is 3. The number of nitrogens with zero attached hydrogens (tertiary/aromatic N) is 1. The minimum atomic E-state index is 0.813. The monoisotopic (exact) mass is 160 g/mol. The first-order valence-corrected chi connectivity index (χ1v) is 4.66. The first-order valence-electron chi connectivity index (χ1n) is 4.66. The lowest BCUT2D eigenvalue weighted by Crippen LogP contribution is -2.47. The maximum absolute atomic E-state index is 5.48. The molecule has 0 spiro atoms. The van der Waals surface area contributed by atoms with E-state index in [1.54, 1.807) is 0 Å². The van der Waals surface area contributed by atoms with Crippen molar-refractivity contribution in [3.05, 3.63) is 0 Å². The van der Waals surface area contributed by atoms with Crippen LogP contribution in [0.15, 0.2) is 0 Å². The average molecular weight is 160 g/mol. The Morgan fingerprint density at radius 3 is 1.91 bits per heavy atom. The first-order chi connectivity index (χ1) is 5.24. The molecule has 0 saturated heterocycles. The van der Waals surface area contributed by atoms with Crippen molar-refractivity contribution in [1.82, 2.24) is 0 Å². The van der Waals surface area contributed by atoms with E-state index in [2.05, 4.69) is 20.8 Å². The van der Waals surface area contributed by atoms with Gasteiger partial charge in [0.2, 0.25) is 0 Å².